The minimum atomic E-state index is -4.77. The molecule has 0 bridgehead atoms. The Hall–Kier alpha value is -1.71. The molecule has 0 spiro atoms. The number of carbonyl (C=O) groups is 1. The lowest BCUT2D eigenvalue weighted by molar-refractivity contribution is -0.141. The zero-order valence-corrected chi connectivity index (χ0v) is 14.5. The molecule has 1 aromatic heterocycles. The molecule has 0 saturated heterocycles. The lowest BCUT2D eigenvalue weighted by atomic mass is 9.95. The Morgan fingerprint density at radius 1 is 1.40 bits per heavy atom. The minimum absolute atomic E-state index is 0.0483. The molecule has 10 heteroatoms. The molecule has 2 rings (SSSR count). The van der Waals surface area contributed by atoms with Crippen LogP contribution < -0.4 is 10.9 Å². The first-order valence-corrected chi connectivity index (χ1v) is 9.40. The van der Waals surface area contributed by atoms with Crippen LogP contribution in [0.1, 0.15) is 50.5 Å². The number of carbonyl (C=O) groups excluding carboxylic acids is 1. The third-order valence-electron chi connectivity index (χ3n) is 4.08. The molecule has 2 N–H and O–H groups in total. The maximum Gasteiger partial charge on any atom is 0.433 e. The third-order valence-corrected chi connectivity index (χ3v) is 5.64. The number of nitrogens with zero attached hydrogens (tertiary/aromatic N) is 1. The van der Waals surface area contributed by atoms with Crippen LogP contribution in [-0.4, -0.2) is 31.4 Å². The van der Waals surface area contributed by atoms with E-state index in [2.05, 4.69) is 15.3 Å². The smallest absolute Gasteiger partial charge is 0.352 e. The molecule has 1 aromatic rings. The van der Waals surface area contributed by atoms with E-state index >= 15 is 0 Å². The highest BCUT2D eigenvalue weighted by molar-refractivity contribution is 7.85. The fourth-order valence-corrected chi connectivity index (χ4v) is 3.63. The molecule has 0 radical (unpaired) electrons. The number of amides is 1. The average molecular weight is 379 g/mol. The standard InChI is InChI=1S/C15H20F3N3O3S/c1-9(14(23)19-10-5-3-2-4-6-10)25(24)8-12-20-11(15(16,17)18)7-13(22)21-12/h7,9-10H,2-6,8H2,1H3,(H,19,23)(H,20,21,22)/t9-,25+/m1/s1. The van der Waals surface area contributed by atoms with Gasteiger partial charge in [0.25, 0.3) is 5.56 Å². The largest absolute Gasteiger partial charge is 0.433 e. The van der Waals surface area contributed by atoms with Crippen LogP contribution in [0.5, 0.6) is 0 Å². The lowest BCUT2D eigenvalue weighted by Crippen LogP contribution is -2.43. The van der Waals surface area contributed by atoms with E-state index in [4.69, 9.17) is 0 Å². The Labute approximate surface area is 145 Å². The first-order valence-electron chi connectivity index (χ1n) is 8.02. The van der Waals surface area contributed by atoms with Gasteiger partial charge in [0.1, 0.15) is 11.1 Å². The SMILES string of the molecule is C[C@H](C(=O)NC1CCCCC1)[S@@](=O)Cc1nc(C(F)(F)F)cc(=O)[nH]1. The van der Waals surface area contributed by atoms with E-state index in [1.165, 1.54) is 6.92 Å². The summed E-state index contributed by atoms with van der Waals surface area (Å²) in [6, 6.07) is 0.387. The van der Waals surface area contributed by atoms with Crippen LogP contribution in [0.4, 0.5) is 13.2 Å². The number of alkyl halides is 3. The molecule has 25 heavy (non-hydrogen) atoms. The molecule has 1 aliphatic carbocycles. The van der Waals surface area contributed by atoms with Crippen molar-refractivity contribution >= 4 is 16.7 Å². The molecular formula is C15H20F3N3O3S. The first kappa shape index (κ1) is 19.6. The van der Waals surface area contributed by atoms with Gasteiger partial charge in [-0.25, -0.2) is 4.98 Å². The fourth-order valence-electron chi connectivity index (χ4n) is 2.67. The van der Waals surface area contributed by atoms with Gasteiger partial charge in [-0.2, -0.15) is 13.2 Å². The van der Waals surface area contributed by atoms with Gasteiger partial charge >= 0.3 is 6.18 Å². The van der Waals surface area contributed by atoms with Gasteiger partial charge in [0, 0.05) is 22.9 Å². The van der Waals surface area contributed by atoms with Crippen molar-refractivity contribution in [2.24, 2.45) is 0 Å². The molecule has 0 aromatic carbocycles. The monoisotopic (exact) mass is 379 g/mol. The second-order valence-electron chi connectivity index (χ2n) is 6.09. The van der Waals surface area contributed by atoms with Crippen molar-refractivity contribution in [3.8, 4) is 0 Å². The van der Waals surface area contributed by atoms with Crippen molar-refractivity contribution in [3.63, 3.8) is 0 Å². The molecule has 140 valence electrons. The summed E-state index contributed by atoms with van der Waals surface area (Å²) in [6.07, 6.45) is 0.147. The Kier molecular flexibility index (Phi) is 6.36. The molecule has 1 amide bonds. The van der Waals surface area contributed by atoms with Gasteiger partial charge in [0.15, 0.2) is 5.69 Å². The van der Waals surface area contributed by atoms with Gasteiger partial charge in [0.2, 0.25) is 5.91 Å². The Bertz CT molecular complexity index is 699. The van der Waals surface area contributed by atoms with E-state index in [-0.39, 0.29) is 11.9 Å². The summed E-state index contributed by atoms with van der Waals surface area (Å²) < 4.78 is 50.3. The Morgan fingerprint density at radius 3 is 2.64 bits per heavy atom. The highest BCUT2D eigenvalue weighted by Gasteiger charge is 2.34. The fraction of sp³-hybridized carbons (Fsp3) is 0.667. The molecule has 1 fully saturated rings. The zero-order valence-electron chi connectivity index (χ0n) is 13.7. The maximum atomic E-state index is 12.7. The third kappa shape index (κ3) is 5.65. The van der Waals surface area contributed by atoms with Crippen LogP contribution in [0.15, 0.2) is 10.9 Å². The highest BCUT2D eigenvalue weighted by Crippen LogP contribution is 2.26. The molecule has 0 unspecified atom stereocenters. The van der Waals surface area contributed by atoms with Crippen molar-refractivity contribution in [1.29, 1.82) is 0 Å². The van der Waals surface area contributed by atoms with Crippen LogP contribution in [0.3, 0.4) is 0 Å². The molecule has 2 atom stereocenters. The second kappa shape index (κ2) is 8.11. The van der Waals surface area contributed by atoms with Crippen molar-refractivity contribution in [2.45, 2.75) is 62.2 Å². The second-order valence-corrected chi connectivity index (χ2v) is 7.84. The quantitative estimate of drug-likeness (QED) is 0.817. The maximum absolute atomic E-state index is 12.7. The Balaban J connectivity index is 2.02. The number of hydrogen-bond donors (Lipinski definition) is 2. The van der Waals surface area contributed by atoms with Crippen molar-refractivity contribution in [1.82, 2.24) is 15.3 Å². The number of aromatic nitrogens is 2. The lowest BCUT2D eigenvalue weighted by Gasteiger charge is -2.24. The topological polar surface area (TPSA) is 91.9 Å². The number of hydrogen-bond acceptors (Lipinski definition) is 4. The Morgan fingerprint density at radius 2 is 2.04 bits per heavy atom. The van der Waals surface area contributed by atoms with Gasteiger partial charge in [-0.1, -0.05) is 19.3 Å². The molecular weight excluding hydrogens is 359 g/mol. The number of halogens is 3. The van der Waals surface area contributed by atoms with Crippen molar-refractivity contribution < 1.29 is 22.2 Å². The van der Waals surface area contributed by atoms with Gasteiger partial charge in [-0.15, -0.1) is 0 Å². The van der Waals surface area contributed by atoms with Crippen molar-refractivity contribution in [3.05, 3.63) is 27.9 Å². The van der Waals surface area contributed by atoms with Crippen LogP contribution in [0.25, 0.3) is 0 Å². The summed E-state index contributed by atoms with van der Waals surface area (Å²) in [4.78, 5) is 28.9. The molecule has 1 aliphatic rings. The van der Waals surface area contributed by atoms with Crippen LogP contribution in [0.2, 0.25) is 0 Å². The number of aromatic amines is 1. The average Bonchev–Trinajstić information content (AvgIpc) is 2.53. The normalized spacial score (nSPS) is 18.6. The van der Waals surface area contributed by atoms with Gasteiger partial charge in [-0.3, -0.25) is 13.8 Å². The molecule has 0 aliphatic heterocycles. The summed E-state index contributed by atoms with van der Waals surface area (Å²) in [5, 5.41) is 1.91. The summed E-state index contributed by atoms with van der Waals surface area (Å²) in [6.45, 7) is 1.44. The molecule has 1 saturated carbocycles. The highest BCUT2D eigenvalue weighted by atomic mass is 32.2. The predicted octanol–water partition coefficient (Wildman–Crippen LogP) is 1.87. The zero-order chi connectivity index (χ0) is 18.6. The van der Waals surface area contributed by atoms with Gasteiger partial charge in [0.05, 0.1) is 5.75 Å². The number of rotatable bonds is 5. The van der Waals surface area contributed by atoms with Crippen LogP contribution in [-0.2, 0) is 27.5 Å². The summed E-state index contributed by atoms with van der Waals surface area (Å²) in [5.41, 5.74) is -2.32. The summed E-state index contributed by atoms with van der Waals surface area (Å²) in [5.74, 6) is -1.19. The van der Waals surface area contributed by atoms with Gasteiger partial charge < -0.3 is 10.3 Å². The summed E-state index contributed by atoms with van der Waals surface area (Å²) in [7, 11) is -1.81. The van der Waals surface area contributed by atoms with Crippen LogP contribution >= 0.6 is 0 Å². The van der Waals surface area contributed by atoms with E-state index in [9.17, 15) is 27.0 Å². The van der Waals surface area contributed by atoms with E-state index in [0.717, 1.165) is 32.1 Å². The van der Waals surface area contributed by atoms with Gasteiger partial charge in [-0.05, 0) is 19.8 Å². The van der Waals surface area contributed by atoms with E-state index in [1.54, 1.807) is 0 Å². The minimum Gasteiger partial charge on any atom is -0.352 e. The van der Waals surface area contributed by atoms with Crippen LogP contribution in [0, 0.1) is 0 Å². The number of H-pyrrole nitrogens is 1. The predicted molar refractivity (Wildman–Crippen MR) is 86.2 cm³/mol. The van der Waals surface area contributed by atoms with E-state index < -0.39 is 45.1 Å². The molecule has 6 nitrogen and oxygen atoms in total. The molecule has 1 heterocycles. The first-order chi connectivity index (χ1) is 11.7. The van der Waals surface area contributed by atoms with E-state index in [0.29, 0.717) is 6.07 Å². The van der Waals surface area contributed by atoms with Crippen molar-refractivity contribution in [2.75, 3.05) is 0 Å². The van der Waals surface area contributed by atoms with E-state index in [1.807, 2.05) is 0 Å². The number of nitrogens with one attached hydrogen (secondary N) is 2. The summed E-state index contributed by atoms with van der Waals surface area (Å²) >= 11 is 0.